The van der Waals surface area contributed by atoms with Crippen molar-refractivity contribution in [2.75, 3.05) is 0 Å². The van der Waals surface area contributed by atoms with Gasteiger partial charge >= 0.3 is 17.9 Å². The summed E-state index contributed by atoms with van der Waals surface area (Å²) in [7, 11) is 0. The lowest BCUT2D eigenvalue weighted by atomic mass is 10.1. The largest absolute Gasteiger partial charge is 0.453 e. The van der Waals surface area contributed by atoms with Crippen LogP contribution in [0.5, 0.6) is 0 Å². The van der Waals surface area contributed by atoms with Gasteiger partial charge in [0, 0.05) is 0 Å². The Hall–Kier alpha value is -1.83. The third-order valence-corrected chi connectivity index (χ3v) is 3.86. The van der Waals surface area contributed by atoms with Gasteiger partial charge in [-0.05, 0) is 20.8 Å². The zero-order chi connectivity index (χ0) is 20.5. The van der Waals surface area contributed by atoms with Crippen molar-refractivity contribution in [1.29, 1.82) is 0 Å². The number of hydrogen-bond acceptors (Lipinski definition) is 12. The molecular weight excluding hydrogens is 372 g/mol. The van der Waals surface area contributed by atoms with E-state index < -0.39 is 73.2 Å². The Labute approximate surface area is 153 Å². The Kier molecular flexibility index (Phi) is 6.72. The van der Waals surface area contributed by atoms with Crippen molar-refractivity contribution in [2.24, 2.45) is 0 Å². The highest BCUT2D eigenvalue weighted by atomic mass is 16.8. The Bertz CT molecular complexity index is 573. The van der Waals surface area contributed by atoms with Gasteiger partial charge in [0.05, 0.1) is 0 Å². The summed E-state index contributed by atoms with van der Waals surface area (Å²) < 4.78 is 25.4. The molecule has 2 rings (SSSR count). The molecule has 0 amide bonds. The van der Waals surface area contributed by atoms with Gasteiger partial charge in [0.15, 0.2) is 18.5 Å². The molecule has 0 bridgehead atoms. The molecule has 9 unspecified atom stereocenters. The first-order chi connectivity index (χ1) is 12.5. The normalized spacial score (nSPS) is 34.2. The van der Waals surface area contributed by atoms with Crippen LogP contribution in [-0.4, -0.2) is 93.6 Å². The molecule has 154 valence electrons. The van der Waals surface area contributed by atoms with E-state index in [-0.39, 0.29) is 0 Å². The molecule has 0 radical (unpaired) electrons. The zero-order valence-corrected chi connectivity index (χ0v) is 14.8. The lowest BCUT2D eigenvalue weighted by Gasteiger charge is -2.23. The standard InChI is InChI=1S/C15H22O12/c1-4(16)11(19)24-9-7-8(23-14(9)22)10(25-12(20)5(2)17)15(26-7)27-13(21)6(3)18/h4-11,15-19H,1-3H3. The second kappa shape index (κ2) is 8.46. The minimum atomic E-state index is -1.73. The first-order valence-corrected chi connectivity index (χ1v) is 8.17. The molecule has 2 heterocycles. The Morgan fingerprint density at radius 1 is 0.963 bits per heavy atom. The van der Waals surface area contributed by atoms with Crippen molar-refractivity contribution in [3.63, 3.8) is 0 Å². The molecule has 2 fully saturated rings. The fourth-order valence-electron chi connectivity index (χ4n) is 2.42. The summed E-state index contributed by atoms with van der Waals surface area (Å²) in [6.45, 7) is 3.50. The van der Waals surface area contributed by atoms with Gasteiger partial charge in [-0.1, -0.05) is 0 Å². The van der Waals surface area contributed by atoms with Crippen molar-refractivity contribution in [3.05, 3.63) is 0 Å². The maximum atomic E-state index is 12.0. The highest BCUT2D eigenvalue weighted by Crippen LogP contribution is 2.36. The molecule has 0 saturated carbocycles. The Morgan fingerprint density at radius 3 is 2.04 bits per heavy atom. The van der Waals surface area contributed by atoms with Gasteiger partial charge in [0.1, 0.15) is 24.4 Å². The molecule has 4 N–H and O–H groups in total. The van der Waals surface area contributed by atoms with Crippen molar-refractivity contribution >= 4 is 17.9 Å². The molecule has 27 heavy (non-hydrogen) atoms. The van der Waals surface area contributed by atoms with Crippen LogP contribution in [0.4, 0.5) is 0 Å². The molecule has 0 aliphatic carbocycles. The number of rotatable bonds is 7. The van der Waals surface area contributed by atoms with Gasteiger partial charge in [0.2, 0.25) is 12.4 Å². The maximum absolute atomic E-state index is 12.0. The van der Waals surface area contributed by atoms with Crippen LogP contribution in [0.15, 0.2) is 0 Å². The summed E-state index contributed by atoms with van der Waals surface area (Å²) in [5.74, 6) is -3.14. The number of aliphatic hydroxyl groups is 4. The summed E-state index contributed by atoms with van der Waals surface area (Å²) in [4.78, 5) is 35.4. The predicted molar refractivity (Wildman–Crippen MR) is 80.4 cm³/mol. The number of ether oxygens (including phenoxy) is 5. The number of fused-ring (bicyclic) bond motifs is 1. The summed E-state index contributed by atoms with van der Waals surface area (Å²) in [5, 5.41) is 37.5. The fourth-order valence-corrected chi connectivity index (χ4v) is 2.42. The van der Waals surface area contributed by atoms with E-state index in [0.717, 1.165) is 13.8 Å². The molecule has 9 atom stereocenters. The molecule has 0 aromatic carbocycles. The zero-order valence-electron chi connectivity index (χ0n) is 14.8. The van der Waals surface area contributed by atoms with Gasteiger partial charge in [-0.2, -0.15) is 0 Å². The van der Waals surface area contributed by atoms with Gasteiger partial charge < -0.3 is 44.1 Å². The monoisotopic (exact) mass is 394 g/mol. The molecule has 12 nitrogen and oxygen atoms in total. The Morgan fingerprint density at radius 2 is 1.52 bits per heavy atom. The minimum Gasteiger partial charge on any atom is -0.453 e. The van der Waals surface area contributed by atoms with E-state index in [4.69, 9.17) is 23.7 Å². The third-order valence-electron chi connectivity index (χ3n) is 3.86. The van der Waals surface area contributed by atoms with Crippen LogP contribution in [0.2, 0.25) is 0 Å². The van der Waals surface area contributed by atoms with Gasteiger partial charge in [-0.25, -0.2) is 14.4 Å². The molecule has 0 aromatic heterocycles. The lowest BCUT2D eigenvalue weighted by Crippen LogP contribution is -2.42. The third kappa shape index (κ3) is 4.72. The van der Waals surface area contributed by atoms with Crippen LogP contribution in [0.3, 0.4) is 0 Å². The average molecular weight is 394 g/mol. The molecule has 2 aliphatic rings. The van der Waals surface area contributed by atoms with Gasteiger partial charge in [-0.3, -0.25) is 0 Å². The number of aliphatic hydroxyl groups excluding tert-OH is 4. The SMILES string of the molecule is CC(O)C(=O)OC1OC2C(OC(O)C(C)O)C(=O)OC2C1OC(=O)C(C)O. The summed E-state index contributed by atoms with van der Waals surface area (Å²) in [6, 6.07) is 0. The summed E-state index contributed by atoms with van der Waals surface area (Å²) in [6.07, 6.45) is -13.1. The van der Waals surface area contributed by atoms with Gasteiger partial charge in [0.25, 0.3) is 0 Å². The molecule has 0 aromatic rings. The van der Waals surface area contributed by atoms with Crippen molar-refractivity contribution in [3.8, 4) is 0 Å². The predicted octanol–water partition coefficient (Wildman–Crippen LogP) is -3.06. The number of hydrogen-bond donors (Lipinski definition) is 4. The lowest BCUT2D eigenvalue weighted by molar-refractivity contribution is -0.229. The van der Waals surface area contributed by atoms with E-state index >= 15 is 0 Å². The van der Waals surface area contributed by atoms with Crippen molar-refractivity contribution < 1.29 is 58.5 Å². The summed E-state index contributed by atoms with van der Waals surface area (Å²) in [5.41, 5.74) is 0. The van der Waals surface area contributed by atoms with Crippen molar-refractivity contribution in [1.82, 2.24) is 0 Å². The van der Waals surface area contributed by atoms with E-state index in [0.29, 0.717) is 0 Å². The topological polar surface area (TPSA) is 178 Å². The second-order valence-corrected chi connectivity index (χ2v) is 6.25. The number of carbonyl (C=O) groups is 3. The van der Waals surface area contributed by atoms with Gasteiger partial charge in [-0.15, -0.1) is 0 Å². The highest BCUT2D eigenvalue weighted by molar-refractivity contribution is 5.79. The fraction of sp³-hybridized carbons (Fsp3) is 0.800. The molecular formula is C15H22O12. The highest BCUT2D eigenvalue weighted by Gasteiger charge is 2.61. The van der Waals surface area contributed by atoms with Crippen LogP contribution < -0.4 is 0 Å². The number of carbonyl (C=O) groups excluding carboxylic acids is 3. The first-order valence-electron chi connectivity index (χ1n) is 8.17. The second-order valence-electron chi connectivity index (χ2n) is 6.25. The minimum absolute atomic E-state index is 0.955. The van der Waals surface area contributed by atoms with Crippen LogP contribution in [-0.2, 0) is 38.1 Å². The molecule has 12 heteroatoms. The molecule has 0 spiro atoms. The van der Waals surface area contributed by atoms with E-state index in [2.05, 4.69) is 0 Å². The van der Waals surface area contributed by atoms with Crippen LogP contribution in [0.25, 0.3) is 0 Å². The first kappa shape index (κ1) is 21.5. The van der Waals surface area contributed by atoms with E-state index in [1.165, 1.54) is 6.92 Å². The molecule has 2 aliphatic heterocycles. The molecule has 2 saturated heterocycles. The van der Waals surface area contributed by atoms with E-state index in [1.54, 1.807) is 0 Å². The average Bonchev–Trinajstić information content (AvgIpc) is 3.04. The number of esters is 3. The van der Waals surface area contributed by atoms with E-state index in [9.17, 15) is 34.8 Å². The Balaban J connectivity index is 2.20. The van der Waals surface area contributed by atoms with Crippen LogP contribution >= 0.6 is 0 Å². The maximum Gasteiger partial charge on any atom is 0.338 e. The quantitative estimate of drug-likeness (QED) is 0.195. The van der Waals surface area contributed by atoms with Crippen LogP contribution in [0.1, 0.15) is 20.8 Å². The van der Waals surface area contributed by atoms with Crippen LogP contribution in [0, 0.1) is 0 Å². The van der Waals surface area contributed by atoms with Crippen molar-refractivity contribution in [2.45, 2.75) is 76.1 Å². The summed E-state index contributed by atoms with van der Waals surface area (Å²) >= 11 is 0. The smallest absolute Gasteiger partial charge is 0.338 e. The van der Waals surface area contributed by atoms with E-state index in [1.807, 2.05) is 0 Å².